The molecule has 0 fully saturated rings. The van der Waals surface area contributed by atoms with E-state index >= 15 is 0 Å². The average molecular weight is 392 g/mol. The first-order valence-electron chi connectivity index (χ1n) is 10.8. The second-order valence-corrected chi connectivity index (χ2v) is 7.55. The summed E-state index contributed by atoms with van der Waals surface area (Å²) in [4.78, 5) is 22.7. The van der Waals surface area contributed by atoms with Crippen molar-refractivity contribution < 1.29 is 19.4 Å². The van der Waals surface area contributed by atoms with E-state index in [9.17, 15) is 9.59 Å². The Balaban J connectivity index is 2.06. The second-order valence-electron chi connectivity index (χ2n) is 7.55. The van der Waals surface area contributed by atoms with E-state index < -0.39 is 12.0 Å². The number of hydrogen-bond donors (Lipinski definition) is 2. The molecule has 3 N–H and O–H groups in total. The van der Waals surface area contributed by atoms with Gasteiger partial charge in [0.05, 0.1) is 0 Å². The highest BCUT2D eigenvalue weighted by atomic mass is 16.5. The Kier molecular flexibility index (Phi) is 13.0. The maximum Gasteiger partial charge on any atom is 0.320 e. The molecule has 0 saturated carbocycles. The van der Waals surface area contributed by atoms with Crippen LogP contribution in [0.3, 0.4) is 0 Å². The SMILES string of the molecule is CCCCCCCCCCCCCC(=O)Oc1ccc(C[C@H](N)C(=O)O)cc1. The molecule has 0 aliphatic rings. The largest absolute Gasteiger partial charge is 0.480 e. The normalized spacial score (nSPS) is 11.9. The maximum absolute atomic E-state index is 11.9. The first kappa shape index (κ1) is 24.2. The lowest BCUT2D eigenvalue weighted by Gasteiger charge is -2.08. The Morgan fingerprint density at radius 3 is 1.89 bits per heavy atom. The van der Waals surface area contributed by atoms with E-state index in [1.807, 2.05) is 0 Å². The fraction of sp³-hybridized carbons (Fsp3) is 0.652. The molecule has 1 aromatic carbocycles. The van der Waals surface area contributed by atoms with E-state index in [2.05, 4.69) is 6.92 Å². The topological polar surface area (TPSA) is 89.6 Å². The monoisotopic (exact) mass is 391 g/mol. The molecule has 5 nitrogen and oxygen atoms in total. The molecule has 0 aliphatic carbocycles. The Hall–Kier alpha value is -1.88. The van der Waals surface area contributed by atoms with Gasteiger partial charge in [0.1, 0.15) is 11.8 Å². The third-order valence-corrected chi connectivity index (χ3v) is 4.91. The Labute approximate surface area is 169 Å². The zero-order valence-corrected chi connectivity index (χ0v) is 17.3. The Bertz CT molecular complexity index is 556. The molecule has 1 rings (SSSR count). The highest BCUT2D eigenvalue weighted by Gasteiger charge is 2.12. The molecule has 0 spiro atoms. The molecule has 0 amide bonds. The zero-order valence-electron chi connectivity index (χ0n) is 17.3. The molecule has 28 heavy (non-hydrogen) atoms. The lowest BCUT2D eigenvalue weighted by molar-refractivity contribution is -0.138. The molecular formula is C23H37NO4. The summed E-state index contributed by atoms with van der Waals surface area (Å²) in [6, 6.07) is 5.93. The summed E-state index contributed by atoms with van der Waals surface area (Å²) in [5.74, 6) is -0.755. The molecule has 0 heterocycles. The number of rotatable bonds is 16. The van der Waals surface area contributed by atoms with Crippen LogP contribution in [0.15, 0.2) is 24.3 Å². The van der Waals surface area contributed by atoms with Crippen LogP contribution in [0.1, 0.15) is 89.5 Å². The molecule has 1 atom stereocenters. The van der Waals surface area contributed by atoms with Crippen LogP contribution in [0.4, 0.5) is 0 Å². The van der Waals surface area contributed by atoms with Gasteiger partial charge in [-0.3, -0.25) is 9.59 Å². The van der Waals surface area contributed by atoms with Crippen molar-refractivity contribution in [2.75, 3.05) is 0 Å². The van der Waals surface area contributed by atoms with Crippen LogP contribution < -0.4 is 10.5 Å². The molecule has 1 aromatic rings. The number of ether oxygens (including phenoxy) is 1. The van der Waals surface area contributed by atoms with E-state index in [1.165, 1.54) is 57.8 Å². The Morgan fingerprint density at radius 1 is 0.893 bits per heavy atom. The summed E-state index contributed by atoms with van der Waals surface area (Å²) in [5.41, 5.74) is 6.32. The number of carboxylic acids is 1. The number of carbonyl (C=O) groups excluding carboxylic acids is 1. The minimum Gasteiger partial charge on any atom is -0.480 e. The van der Waals surface area contributed by atoms with Crippen LogP contribution in [0, 0.1) is 0 Å². The van der Waals surface area contributed by atoms with E-state index in [4.69, 9.17) is 15.6 Å². The minimum atomic E-state index is -1.03. The summed E-state index contributed by atoms with van der Waals surface area (Å²) < 4.78 is 5.33. The number of hydrogen-bond acceptors (Lipinski definition) is 4. The van der Waals surface area contributed by atoms with Gasteiger partial charge in [0.2, 0.25) is 0 Å². The predicted octanol–water partition coefficient (Wildman–Crippen LogP) is 5.25. The second kappa shape index (κ2) is 15.1. The van der Waals surface area contributed by atoms with Gasteiger partial charge in [-0.25, -0.2) is 0 Å². The van der Waals surface area contributed by atoms with Crippen molar-refractivity contribution in [1.29, 1.82) is 0 Å². The van der Waals surface area contributed by atoms with E-state index in [0.717, 1.165) is 18.4 Å². The highest BCUT2D eigenvalue weighted by Crippen LogP contribution is 2.16. The number of nitrogens with two attached hydrogens (primary N) is 1. The third kappa shape index (κ3) is 11.8. The van der Waals surface area contributed by atoms with Crippen molar-refractivity contribution in [1.82, 2.24) is 0 Å². The molecule has 5 heteroatoms. The molecule has 0 saturated heterocycles. The standard InChI is InChI=1S/C23H37NO4/c1-2-3-4-5-6-7-8-9-10-11-12-13-22(25)28-20-16-14-19(15-17-20)18-21(24)23(26)27/h14-17,21H,2-13,18,24H2,1H3,(H,26,27)/t21-/m0/s1. The molecule has 0 bridgehead atoms. The van der Waals surface area contributed by atoms with Gasteiger partial charge < -0.3 is 15.6 Å². The number of benzene rings is 1. The summed E-state index contributed by atoms with van der Waals surface area (Å²) in [6.07, 6.45) is 14.4. The van der Waals surface area contributed by atoms with Crippen LogP contribution in [-0.4, -0.2) is 23.1 Å². The quantitative estimate of drug-likeness (QED) is 0.228. The number of carbonyl (C=O) groups is 2. The van der Waals surface area contributed by atoms with Crippen LogP contribution in [0.5, 0.6) is 5.75 Å². The van der Waals surface area contributed by atoms with E-state index in [-0.39, 0.29) is 12.4 Å². The van der Waals surface area contributed by atoms with Gasteiger partial charge in [-0.05, 0) is 30.5 Å². The third-order valence-electron chi connectivity index (χ3n) is 4.91. The fourth-order valence-corrected chi connectivity index (χ4v) is 3.15. The van der Waals surface area contributed by atoms with Gasteiger partial charge in [-0.15, -0.1) is 0 Å². The number of aliphatic carboxylic acids is 1. The van der Waals surface area contributed by atoms with Crippen molar-refractivity contribution in [2.24, 2.45) is 5.73 Å². The number of unbranched alkanes of at least 4 members (excludes halogenated alkanes) is 10. The van der Waals surface area contributed by atoms with Crippen molar-refractivity contribution in [3.8, 4) is 5.75 Å². The van der Waals surface area contributed by atoms with Crippen molar-refractivity contribution in [2.45, 2.75) is 96.4 Å². The van der Waals surface area contributed by atoms with Crippen molar-refractivity contribution in [3.63, 3.8) is 0 Å². The Morgan fingerprint density at radius 2 is 1.39 bits per heavy atom. The summed E-state index contributed by atoms with van der Waals surface area (Å²) in [7, 11) is 0. The maximum atomic E-state index is 11.9. The predicted molar refractivity (Wildman–Crippen MR) is 112 cm³/mol. The number of esters is 1. The van der Waals surface area contributed by atoms with Crippen molar-refractivity contribution >= 4 is 11.9 Å². The fourth-order valence-electron chi connectivity index (χ4n) is 3.15. The summed E-state index contributed by atoms with van der Waals surface area (Å²) >= 11 is 0. The van der Waals surface area contributed by atoms with Crippen LogP contribution >= 0.6 is 0 Å². The lowest BCUT2D eigenvalue weighted by Crippen LogP contribution is -2.32. The number of carboxylic acid groups (broad SMARTS) is 1. The summed E-state index contributed by atoms with van der Waals surface area (Å²) in [6.45, 7) is 2.24. The van der Waals surface area contributed by atoms with Gasteiger partial charge in [-0.2, -0.15) is 0 Å². The first-order chi connectivity index (χ1) is 13.5. The molecule has 0 aromatic heterocycles. The zero-order chi connectivity index (χ0) is 20.6. The van der Waals surface area contributed by atoms with Gasteiger partial charge in [-0.1, -0.05) is 83.3 Å². The molecular weight excluding hydrogens is 354 g/mol. The van der Waals surface area contributed by atoms with Gasteiger partial charge in [0, 0.05) is 6.42 Å². The van der Waals surface area contributed by atoms with Crippen LogP contribution in [0.25, 0.3) is 0 Å². The minimum absolute atomic E-state index is 0.217. The van der Waals surface area contributed by atoms with Crippen LogP contribution in [0.2, 0.25) is 0 Å². The molecule has 0 unspecified atom stereocenters. The smallest absolute Gasteiger partial charge is 0.320 e. The first-order valence-corrected chi connectivity index (χ1v) is 10.8. The van der Waals surface area contributed by atoms with Gasteiger partial charge in [0.25, 0.3) is 0 Å². The lowest BCUT2D eigenvalue weighted by atomic mass is 10.1. The molecule has 158 valence electrons. The van der Waals surface area contributed by atoms with Crippen molar-refractivity contribution in [3.05, 3.63) is 29.8 Å². The van der Waals surface area contributed by atoms with E-state index in [0.29, 0.717) is 12.2 Å². The van der Waals surface area contributed by atoms with Gasteiger partial charge >= 0.3 is 11.9 Å². The van der Waals surface area contributed by atoms with Crippen LogP contribution in [-0.2, 0) is 16.0 Å². The molecule has 0 radical (unpaired) electrons. The average Bonchev–Trinajstić information content (AvgIpc) is 2.67. The van der Waals surface area contributed by atoms with E-state index in [1.54, 1.807) is 24.3 Å². The summed E-state index contributed by atoms with van der Waals surface area (Å²) in [5, 5.41) is 8.83. The molecule has 0 aliphatic heterocycles. The van der Waals surface area contributed by atoms with Gasteiger partial charge in [0.15, 0.2) is 0 Å². The highest BCUT2D eigenvalue weighted by molar-refractivity contribution is 5.73.